The molecule has 2 aliphatic rings. The zero-order chi connectivity index (χ0) is 9.71. The van der Waals surface area contributed by atoms with E-state index in [1.165, 1.54) is 24.1 Å². The van der Waals surface area contributed by atoms with Crippen LogP contribution in [0.25, 0.3) is 0 Å². The van der Waals surface area contributed by atoms with Gasteiger partial charge in [-0.15, -0.1) is 0 Å². The molecule has 2 nitrogen and oxygen atoms in total. The first-order valence-corrected chi connectivity index (χ1v) is 5.68. The Morgan fingerprint density at radius 2 is 2.07 bits per heavy atom. The zero-order valence-electron chi connectivity index (χ0n) is 8.26. The van der Waals surface area contributed by atoms with Crippen LogP contribution < -0.4 is 0 Å². The minimum absolute atomic E-state index is 0.582. The molecule has 0 saturated heterocycles. The van der Waals surface area contributed by atoms with Gasteiger partial charge in [-0.25, -0.2) is 9.97 Å². The highest BCUT2D eigenvalue weighted by atomic mass is 35.5. The molecule has 1 heterocycles. The van der Waals surface area contributed by atoms with Gasteiger partial charge in [-0.05, 0) is 31.6 Å². The molecule has 0 aromatic carbocycles. The van der Waals surface area contributed by atoms with Crippen LogP contribution in [0.3, 0.4) is 0 Å². The van der Waals surface area contributed by atoms with Crippen LogP contribution in [0.2, 0.25) is 5.15 Å². The lowest BCUT2D eigenvalue weighted by Gasteiger charge is -2.04. The zero-order valence-corrected chi connectivity index (χ0v) is 9.01. The molecule has 3 heteroatoms. The lowest BCUT2D eigenvalue weighted by Crippen LogP contribution is -2.00. The van der Waals surface area contributed by atoms with E-state index in [1.807, 2.05) is 0 Å². The Morgan fingerprint density at radius 1 is 1.29 bits per heavy atom. The summed E-state index contributed by atoms with van der Waals surface area (Å²) in [6, 6.07) is 0. The molecule has 0 N–H and O–H groups in total. The van der Waals surface area contributed by atoms with Crippen LogP contribution in [-0.4, -0.2) is 9.97 Å². The van der Waals surface area contributed by atoms with Gasteiger partial charge in [0.15, 0.2) is 0 Å². The number of hydrogen-bond donors (Lipinski definition) is 0. The topological polar surface area (TPSA) is 25.8 Å². The smallest absolute Gasteiger partial charge is 0.136 e. The van der Waals surface area contributed by atoms with Crippen LogP contribution in [-0.2, 0) is 12.8 Å². The van der Waals surface area contributed by atoms with Crippen molar-refractivity contribution in [1.82, 2.24) is 9.97 Å². The molecule has 0 aliphatic heterocycles. The van der Waals surface area contributed by atoms with Crippen LogP contribution in [0.1, 0.15) is 42.8 Å². The maximum absolute atomic E-state index is 6.14. The average molecular weight is 209 g/mol. The predicted molar refractivity (Wildman–Crippen MR) is 55.6 cm³/mol. The van der Waals surface area contributed by atoms with Crippen LogP contribution in [0.4, 0.5) is 0 Å². The summed E-state index contributed by atoms with van der Waals surface area (Å²) in [4.78, 5) is 9.04. The quantitative estimate of drug-likeness (QED) is 0.664. The van der Waals surface area contributed by atoms with Gasteiger partial charge in [-0.1, -0.05) is 18.5 Å². The molecule has 2 aliphatic carbocycles. The number of halogens is 1. The number of rotatable bonds is 1. The monoisotopic (exact) mass is 208 g/mol. The number of fused-ring (bicyclic) bond motifs is 1. The van der Waals surface area contributed by atoms with Gasteiger partial charge in [0.05, 0.1) is 0 Å². The lowest BCUT2D eigenvalue weighted by atomic mass is 10.2. The largest absolute Gasteiger partial charge is 0.237 e. The fourth-order valence-corrected chi connectivity index (χ4v) is 2.54. The van der Waals surface area contributed by atoms with E-state index >= 15 is 0 Å². The Balaban J connectivity index is 2.03. The van der Waals surface area contributed by atoms with E-state index in [0.717, 1.165) is 24.6 Å². The van der Waals surface area contributed by atoms with Crippen molar-refractivity contribution in [3.63, 3.8) is 0 Å². The van der Waals surface area contributed by atoms with Gasteiger partial charge >= 0.3 is 0 Å². The van der Waals surface area contributed by atoms with E-state index in [4.69, 9.17) is 11.6 Å². The molecule has 1 aromatic heterocycles. The molecule has 0 radical (unpaired) electrons. The average Bonchev–Trinajstić information content (AvgIpc) is 2.71. The summed E-state index contributed by atoms with van der Waals surface area (Å²) >= 11 is 6.14. The predicted octanol–water partition coefficient (Wildman–Crippen LogP) is 2.74. The molecule has 0 bridgehead atoms. The first-order valence-electron chi connectivity index (χ1n) is 5.31. The fraction of sp³-hybridized carbons (Fsp3) is 0.636. The molecule has 2 atom stereocenters. The fourth-order valence-electron chi connectivity index (χ4n) is 2.25. The normalized spacial score (nSPS) is 29.0. The number of aromatic nitrogens is 2. The third kappa shape index (κ3) is 1.24. The molecule has 0 amide bonds. The Kier molecular flexibility index (Phi) is 1.81. The van der Waals surface area contributed by atoms with E-state index in [0.29, 0.717) is 11.1 Å². The molecule has 3 rings (SSSR count). The summed E-state index contributed by atoms with van der Waals surface area (Å²) in [7, 11) is 0. The second kappa shape index (κ2) is 2.93. The first-order chi connectivity index (χ1) is 6.75. The van der Waals surface area contributed by atoms with E-state index in [9.17, 15) is 0 Å². The van der Waals surface area contributed by atoms with Crippen molar-refractivity contribution in [2.75, 3.05) is 0 Å². The van der Waals surface area contributed by atoms with Crippen molar-refractivity contribution in [2.24, 2.45) is 5.92 Å². The minimum atomic E-state index is 0.582. The summed E-state index contributed by atoms with van der Waals surface area (Å²) < 4.78 is 0. The van der Waals surface area contributed by atoms with E-state index < -0.39 is 0 Å². The molecule has 1 aromatic rings. The number of hydrogen-bond acceptors (Lipinski definition) is 2. The van der Waals surface area contributed by atoms with Gasteiger partial charge in [0.2, 0.25) is 0 Å². The van der Waals surface area contributed by atoms with Gasteiger partial charge in [-0.3, -0.25) is 0 Å². The van der Waals surface area contributed by atoms with Crippen LogP contribution in [0.5, 0.6) is 0 Å². The molecule has 1 saturated carbocycles. The molecule has 0 spiro atoms. The highest BCUT2D eigenvalue weighted by Gasteiger charge is 2.37. The van der Waals surface area contributed by atoms with Crippen LogP contribution >= 0.6 is 11.6 Å². The Bertz CT molecular complexity index is 389. The van der Waals surface area contributed by atoms with E-state index in [-0.39, 0.29) is 0 Å². The van der Waals surface area contributed by atoms with Crippen molar-refractivity contribution in [3.05, 3.63) is 22.2 Å². The summed E-state index contributed by atoms with van der Waals surface area (Å²) in [5.74, 6) is 2.33. The Hall–Kier alpha value is -0.630. The molecular weight excluding hydrogens is 196 g/mol. The number of aryl methyl sites for hydroxylation is 1. The second-order valence-electron chi connectivity index (χ2n) is 4.47. The molecular formula is C11H13ClN2. The van der Waals surface area contributed by atoms with Gasteiger partial charge in [0.1, 0.15) is 11.0 Å². The maximum Gasteiger partial charge on any atom is 0.136 e. The van der Waals surface area contributed by atoms with Crippen molar-refractivity contribution >= 4 is 11.6 Å². The van der Waals surface area contributed by atoms with Gasteiger partial charge < -0.3 is 0 Å². The van der Waals surface area contributed by atoms with Crippen molar-refractivity contribution in [1.29, 1.82) is 0 Å². The van der Waals surface area contributed by atoms with Gasteiger partial charge in [-0.2, -0.15) is 0 Å². The number of nitrogens with zero attached hydrogens (tertiary/aromatic N) is 2. The molecule has 2 unspecified atom stereocenters. The summed E-state index contributed by atoms with van der Waals surface area (Å²) in [5, 5.41) is 0.710. The first kappa shape index (κ1) is 8.66. The SMILES string of the molecule is CC1CC1c1nc(Cl)c2c(n1)CCC2. The third-order valence-corrected chi connectivity index (χ3v) is 3.65. The van der Waals surface area contributed by atoms with Crippen molar-refractivity contribution in [2.45, 2.75) is 38.5 Å². The lowest BCUT2D eigenvalue weighted by molar-refractivity contribution is 0.822. The van der Waals surface area contributed by atoms with E-state index in [1.54, 1.807) is 0 Å². The highest BCUT2D eigenvalue weighted by Crippen LogP contribution is 2.46. The highest BCUT2D eigenvalue weighted by molar-refractivity contribution is 6.30. The standard InChI is InChI=1S/C11H13ClN2/c1-6-5-8(6)11-13-9-4-2-3-7(9)10(12)14-11/h6,8H,2-5H2,1H3. The third-order valence-electron chi connectivity index (χ3n) is 3.34. The van der Waals surface area contributed by atoms with E-state index in [2.05, 4.69) is 16.9 Å². The van der Waals surface area contributed by atoms with Gasteiger partial charge in [0, 0.05) is 17.2 Å². The maximum atomic E-state index is 6.14. The van der Waals surface area contributed by atoms with Crippen molar-refractivity contribution in [3.8, 4) is 0 Å². The van der Waals surface area contributed by atoms with Crippen molar-refractivity contribution < 1.29 is 0 Å². The molecule has 14 heavy (non-hydrogen) atoms. The van der Waals surface area contributed by atoms with Crippen LogP contribution in [0.15, 0.2) is 0 Å². The Labute approximate surface area is 88.7 Å². The molecule has 1 fully saturated rings. The summed E-state index contributed by atoms with van der Waals surface area (Å²) in [5.41, 5.74) is 2.41. The summed E-state index contributed by atoms with van der Waals surface area (Å²) in [6.45, 7) is 2.25. The van der Waals surface area contributed by atoms with Crippen LogP contribution in [0, 0.1) is 5.92 Å². The molecule has 74 valence electrons. The second-order valence-corrected chi connectivity index (χ2v) is 4.83. The minimum Gasteiger partial charge on any atom is -0.237 e. The van der Waals surface area contributed by atoms with Gasteiger partial charge in [0.25, 0.3) is 0 Å². The summed E-state index contributed by atoms with van der Waals surface area (Å²) in [6.07, 6.45) is 4.57. The Morgan fingerprint density at radius 3 is 2.79 bits per heavy atom.